The Morgan fingerprint density at radius 3 is 2.73 bits per heavy atom. The molecule has 4 aliphatic rings. The van der Waals surface area contributed by atoms with Crippen molar-refractivity contribution in [2.24, 2.45) is 34.5 Å². The molecular weight excluding hydrogens is 374 g/mol. The second-order valence-corrected chi connectivity index (χ2v) is 10.5. The third-order valence-corrected chi connectivity index (χ3v) is 9.06. The van der Waals surface area contributed by atoms with Gasteiger partial charge in [-0.15, -0.1) is 0 Å². The summed E-state index contributed by atoms with van der Waals surface area (Å²) >= 11 is 0. The van der Waals surface area contributed by atoms with Crippen LogP contribution in [0.5, 0.6) is 0 Å². The van der Waals surface area contributed by atoms with E-state index >= 15 is 0 Å². The molecule has 158 valence electrons. The highest BCUT2D eigenvalue weighted by atomic mass is 16.4. The molecule has 30 heavy (non-hydrogen) atoms. The monoisotopic (exact) mass is 404 g/mol. The first-order valence-corrected chi connectivity index (χ1v) is 11.4. The molecule has 0 aromatic carbocycles. The van der Waals surface area contributed by atoms with Gasteiger partial charge in [0.05, 0.1) is 0 Å². The van der Waals surface area contributed by atoms with Crippen LogP contribution in [0, 0.1) is 34.5 Å². The number of pyridine rings is 1. The lowest BCUT2D eigenvalue weighted by Crippen LogP contribution is -2.52. The van der Waals surface area contributed by atoms with Crippen molar-refractivity contribution >= 4 is 17.3 Å². The summed E-state index contributed by atoms with van der Waals surface area (Å²) in [6.45, 7) is 4.69. The van der Waals surface area contributed by atoms with Crippen LogP contribution < -0.4 is 5.11 Å². The minimum Gasteiger partial charge on any atom is -0.550 e. The number of fused-ring (bicyclic) bond motifs is 5. The lowest BCUT2D eigenvalue weighted by Gasteiger charge is -2.57. The molecule has 0 unspecified atom stereocenters. The van der Waals surface area contributed by atoms with Crippen molar-refractivity contribution in [3.8, 4) is 0 Å². The molecule has 1 heterocycles. The number of carboxylic acids is 1. The van der Waals surface area contributed by atoms with Crippen molar-refractivity contribution in [2.75, 3.05) is 0 Å². The first kappa shape index (κ1) is 19.7. The summed E-state index contributed by atoms with van der Waals surface area (Å²) < 4.78 is 0. The predicted molar refractivity (Wildman–Crippen MR) is 113 cm³/mol. The van der Waals surface area contributed by atoms with Gasteiger partial charge >= 0.3 is 0 Å². The van der Waals surface area contributed by atoms with Gasteiger partial charge in [-0.25, -0.2) is 0 Å². The number of carbonyl (C=O) groups is 2. The zero-order chi connectivity index (χ0) is 21.1. The summed E-state index contributed by atoms with van der Waals surface area (Å²) in [6, 6.07) is 4.13. The Bertz CT molecular complexity index is 948. The molecule has 0 spiro atoms. The maximum absolute atomic E-state index is 13.4. The van der Waals surface area contributed by atoms with Crippen LogP contribution in [0.25, 0.3) is 5.57 Å². The Balaban J connectivity index is 1.46. The van der Waals surface area contributed by atoms with Crippen molar-refractivity contribution in [3.63, 3.8) is 0 Å². The van der Waals surface area contributed by atoms with E-state index in [-0.39, 0.29) is 34.9 Å². The number of hydrogen-bond acceptors (Lipinski definition) is 4. The summed E-state index contributed by atoms with van der Waals surface area (Å²) in [7, 11) is 0. The van der Waals surface area contributed by atoms with E-state index in [0.29, 0.717) is 11.8 Å². The highest BCUT2D eigenvalue weighted by Gasteiger charge is 2.59. The van der Waals surface area contributed by atoms with Crippen molar-refractivity contribution < 1.29 is 14.7 Å². The third kappa shape index (κ3) is 2.83. The number of rotatable bonds is 3. The van der Waals surface area contributed by atoms with Crippen LogP contribution in [-0.4, -0.2) is 16.7 Å². The van der Waals surface area contributed by atoms with Gasteiger partial charge in [-0.3, -0.25) is 9.78 Å². The standard InChI is InChI=1S/C26H31NO3/c1-25-9-7-16(13-23(29)30)12-18(25)14-22(28)24-20-6-5-19(17-4-3-11-27-15-17)26(20,2)10-8-21(24)25/h3-5,11,14-16,20-21,24H,6-10,12-13H2,1-2H3,(H,29,30)/p-1/t16-,20-,21-,24-,25-,26+/m0/s1. The average molecular weight is 405 g/mol. The summed E-state index contributed by atoms with van der Waals surface area (Å²) in [5, 5.41) is 11.1. The normalized spacial score (nSPS) is 40.0. The van der Waals surface area contributed by atoms with Gasteiger partial charge in [0.25, 0.3) is 0 Å². The van der Waals surface area contributed by atoms with E-state index in [9.17, 15) is 14.7 Å². The molecule has 0 bridgehead atoms. The van der Waals surface area contributed by atoms with Gasteiger partial charge in [-0.2, -0.15) is 0 Å². The molecule has 1 aromatic rings. The highest BCUT2D eigenvalue weighted by molar-refractivity contribution is 5.95. The van der Waals surface area contributed by atoms with Gasteiger partial charge in [-0.1, -0.05) is 31.6 Å². The van der Waals surface area contributed by atoms with Gasteiger partial charge in [0.1, 0.15) is 0 Å². The van der Waals surface area contributed by atoms with E-state index in [0.717, 1.165) is 38.5 Å². The van der Waals surface area contributed by atoms with E-state index in [1.54, 1.807) is 0 Å². The van der Waals surface area contributed by atoms with E-state index in [2.05, 4.69) is 31.0 Å². The molecule has 0 amide bonds. The smallest absolute Gasteiger partial charge is 0.159 e. The number of ketones is 1. The van der Waals surface area contributed by atoms with Crippen LogP contribution in [0.15, 0.2) is 42.3 Å². The minimum absolute atomic E-state index is 0.0216. The third-order valence-electron chi connectivity index (χ3n) is 9.06. The number of carboxylic acid groups (broad SMARTS) is 1. The Hall–Kier alpha value is -2.23. The average Bonchev–Trinajstić information content (AvgIpc) is 3.06. The zero-order valence-electron chi connectivity index (χ0n) is 17.9. The van der Waals surface area contributed by atoms with E-state index < -0.39 is 5.97 Å². The first-order valence-electron chi connectivity index (χ1n) is 11.4. The quantitative estimate of drug-likeness (QED) is 0.764. The molecule has 0 aliphatic heterocycles. The molecule has 6 atom stereocenters. The molecule has 4 heteroatoms. The van der Waals surface area contributed by atoms with Gasteiger partial charge in [0.15, 0.2) is 5.78 Å². The second kappa shape index (κ2) is 6.90. The van der Waals surface area contributed by atoms with Crippen LogP contribution >= 0.6 is 0 Å². The molecule has 4 aliphatic carbocycles. The Morgan fingerprint density at radius 1 is 1.20 bits per heavy atom. The van der Waals surface area contributed by atoms with Crippen molar-refractivity contribution in [1.82, 2.24) is 4.98 Å². The fourth-order valence-corrected chi connectivity index (χ4v) is 7.43. The largest absolute Gasteiger partial charge is 0.550 e. The maximum Gasteiger partial charge on any atom is 0.159 e. The lowest BCUT2D eigenvalue weighted by atomic mass is 9.46. The maximum atomic E-state index is 13.4. The van der Waals surface area contributed by atoms with E-state index in [1.165, 1.54) is 16.7 Å². The topological polar surface area (TPSA) is 70.1 Å². The molecule has 2 fully saturated rings. The van der Waals surface area contributed by atoms with Crippen LogP contribution in [0.2, 0.25) is 0 Å². The molecule has 0 radical (unpaired) electrons. The molecule has 2 saturated carbocycles. The highest BCUT2D eigenvalue weighted by Crippen LogP contribution is 2.65. The van der Waals surface area contributed by atoms with Crippen molar-refractivity contribution in [2.45, 2.75) is 58.8 Å². The second-order valence-electron chi connectivity index (χ2n) is 10.5. The van der Waals surface area contributed by atoms with Gasteiger partial charge in [-0.05, 0) is 96.8 Å². The fraction of sp³-hybridized carbons (Fsp3) is 0.577. The SMILES string of the molecule is C[C@]12CC[C@H](CC(=O)[O-])CC1=CC(=O)[C@@H]1[C@@H]2CC[C@]2(C)C(c3cccnc3)=CC[C@@H]12. The number of aliphatic carboxylic acids is 1. The Morgan fingerprint density at radius 2 is 2.00 bits per heavy atom. The van der Waals surface area contributed by atoms with Gasteiger partial charge in [0.2, 0.25) is 0 Å². The van der Waals surface area contributed by atoms with Crippen LogP contribution in [0.3, 0.4) is 0 Å². The first-order chi connectivity index (χ1) is 14.3. The molecule has 1 aromatic heterocycles. The predicted octanol–water partition coefficient (Wildman–Crippen LogP) is 3.97. The lowest BCUT2D eigenvalue weighted by molar-refractivity contribution is -0.307. The van der Waals surface area contributed by atoms with Crippen LogP contribution in [-0.2, 0) is 9.59 Å². The van der Waals surface area contributed by atoms with Crippen LogP contribution in [0.4, 0.5) is 0 Å². The van der Waals surface area contributed by atoms with Gasteiger partial charge in [0, 0.05) is 24.3 Å². The molecule has 5 rings (SSSR count). The molecular formula is C26H30NO3-. The van der Waals surface area contributed by atoms with Gasteiger partial charge < -0.3 is 9.90 Å². The summed E-state index contributed by atoms with van der Waals surface area (Å²) in [5.41, 5.74) is 3.81. The Labute approximate surface area is 178 Å². The summed E-state index contributed by atoms with van der Waals surface area (Å²) in [4.78, 5) is 28.9. The van der Waals surface area contributed by atoms with E-state index in [4.69, 9.17) is 0 Å². The van der Waals surface area contributed by atoms with E-state index in [1.807, 2.05) is 24.5 Å². The van der Waals surface area contributed by atoms with Crippen molar-refractivity contribution in [1.29, 1.82) is 0 Å². The fourth-order valence-electron chi connectivity index (χ4n) is 7.43. The number of allylic oxidation sites excluding steroid dienone is 4. The number of nitrogens with zero attached hydrogens (tertiary/aromatic N) is 1. The van der Waals surface area contributed by atoms with Crippen LogP contribution in [0.1, 0.15) is 64.4 Å². The number of hydrogen-bond donors (Lipinski definition) is 0. The molecule has 0 saturated heterocycles. The molecule has 0 N–H and O–H groups in total. The molecule has 4 nitrogen and oxygen atoms in total. The summed E-state index contributed by atoms with van der Waals surface area (Å²) in [5.74, 6) is 0.192. The zero-order valence-corrected chi connectivity index (χ0v) is 17.9. The minimum atomic E-state index is -0.974. The summed E-state index contributed by atoms with van der Waals surface area (Å²) in [6.07, 6.45) is 13.9. The number of aromatic nitrogens is 1. The van der Waals surface area contributed by atoms with Crippen molar-refractivity contribution in [3.05, 3.63) is 47.8 Å². The number of carbonyl (C=O) groups excluding carboxylic acids is 2. The Kier molecular flexibility index (Phi) is 4.53.